The number of ether oxygens (including phenoxy) is 4. The summed E-state index contributed by atoms with van der Waals surface area (Å²) >= 11 is 0.866. The minimum Gasteiger partial charge on any atom is -0.497 e. The Balaban J connectivity index is 1.17. The minimum absolute atomic E-state index is 0.0163. The second-order valence-corrected chi connectivity index (χ2v) is 19.9. The molecular weight excluding hydrogens is 948 g/mol. The van der Waals surface area contributed by atoms with E-state index in [1.165, 1.54) is 44.9 Å². The Morgan fingerprint density at radius 3 is 2.24 bits per heavy atom. The van der Waals surface area contributed by atoms with Crippen molar-refractivity contribution in [2.45, 2.75) is 69.8 Å². The summed E-state index contributed by atoms with van der Waals surface area (Å²) in [4.78, 5) is 36.1. The Labute approximate surface area is 408 Å². The summed E-state index contributed by atoms with van der Waals surface area (Å²) in [6.45, 7) is 5.23. The molecule has 3 heterocycles. The van der Waals surface area contributed by atoms with E-state index in [1.807, 2.05) is 36.4 Å². The van der Waals surface area contributed by atoms with Crippen molar-refractivity contribution < 1.29 is 50.1 Å². The Bertz CT molecular complexity index is 2960. The lowest BCUT2D eigenvalue weighted by Crippen LogP contribution is -2.44. The Kier molecular flexibility index (Phi) is 15.6. The number of amides is 2. The van der Waals surface area contributed by atoms with E-state index in [0.29, 0.717) is 54.1 Å². The van der Waals surface area contributed by atoms with E-state index in [-0.39, 0.29) is 58.2 Å². The zero-order chi connectivity index (χ0) is 50.2. The summed E-state index contributed by atoms with van der Waals surface area (Å²) in [5, 5.41) is 10.5. The molecule has 1 aliphatic heterocycles. The van der Waals surface area contributed by atoms with Crippen molar-refractivity contribution in [3.8, 4) is 51.3 Å². The van der Waals surface area contributed by atoms with Crippen molar-refractivity contribution in [1.29, 1.82) is 5.26 Å². The summed E-state index contributed by atoms with van der Waals surface area (Å²) in [7, 11) is -1.45. The number of alkyl halides is 3. The van der Waals surface area contributed by atoms with Crippen molar-refractivity contribution >= 4 is 38.7 Å². The smallest absolute Gasteiger partial charge is 0.471 e. The van der Waals surface area contributed by atoms with Crippen LogP contribution in [0.1, 0.15) is 56.9 Å². The van der Waals surface area contributed by atoms with Crippen LogP contribution in [0.2, 0.25) is 0 Å². The van der Waals surface area contributed by atoms with Gasteiger partial charge >= 0.3 is 18.2 Å². The molecule has 0 radical (unpaired) electrons. The number of carbonyl (C=O) groups is 2. The van der Waals surface area contributed by atoms with Crippen LogP contribution < -0.4 is 18.5 Å². The number of rotatable bonds is 16. The molecule has 1 fully saturated rings. The molecule has 4 aromatic carbocycles. The molecule has 15 nitrogen and oxygen atoms in total. The van der Waals surface area contributed by atoms with Crippen LogP contribution in [0, 0.1) is 17.2 Å². The number of carbonyl (C=O) groups excluding carboxylic acids is 2. The van der Waals surface area contributed by atoms with Gasteiger partial charge in [-0.25, -0.2) is 22.5 Å². The number of likely N-dealkylation sites (tertiary alicyclic amines) is 1. The van der Waals surface area contributed by atoms with Crippen molar-refractivity contribution in [1.82, 2.24) is 24.1 Å². The molecule has 366 valence electrons. The number of halogens is 3. The van der Waals surface area contributed by atoms with Gasteiger partial charge in [0, 0.05) is 54.6 Å². The lowest BCUT2D eigenvalue weighted by Gasteiger charge is -2.34. The van der Waals surface area contributed by atoms with Crippen LogP contribution in [-0.4, -0.2) is 90.2 Å². The molecule has 2 aromatic heterocycles. The average molecular weight is 998 g/mol. The number of nitrogens with zero attached hydrogens (tertiary/aromatic N) is 7. The first kappa shape index (κ1) is 50.6. The molecule has 2 amide bonds. The van der Waals surface area contributed by atoms with E-state index < -0.39 is 40.3 Å². The monoisotopic (exact) mass is 997 g/mol. The van der Waals surface area contributed by atoms with Gasteiger partial charge in [-0.15, -0.1) is 0 Å². The fourth-order valence-corrected chi connectivity index (χ4v) is 10.0. The molecule has 7 rings (SSSR count). The number of anilines is 1. The SMILES string of the molecule is COc1ccc(CN(c2ncns2)S(=O)(=O)c2ccc(Oc3ccc(-c4ccccc4)cc3-c3ccnc(CN(CCC4CCN(C(=O)OC(C)(C)C)CC4)C(=O)C(F)(F)F)c3)c(C#N)c2)c(OC)c1. The van der Waals surface area contributed by atoms with Crippen molar-refractivity contribution in [3.05, 3.63) is 126 Å². The van der Waals surface area contributed by atoms with Crippen LogP contribution in [-0.2, 0) is 32.6 Å². The normalized spacial score (nSPS) is 13.3. The largest absolute Gasteiger partial charge is 0.497 e. The van der Waals surface area contributed by atoms with Gasteiger partial charge in [0.15, 0.2) is 0 Å². The Hall–Kier alpha value is -7.24. The predicted molar refractivity (Wildman–Crippen MR) is 256 cm³/mol. The van der Waals surface area contributed by atoms with Crippen molar-refractivity contribution in [2.75, 3.05) is 38.2 Å². The van der Waals surface area contributed by atoms with E-state index >= 15 is 0 Å². The first-order chi connectivity index (χ1) is 33.4. The van der Waals surface area contributed by atoms with Gasteiger partial charge in [-0.3, -0.25) is 9.78 Å². The summed E-state index contributed by atoms with van der Waals surface area (Å²) in [5.41, 5.74) is 2.44. The van der Waals surface area contributed by atoms with Crippen LogP contribution in [0.3, 0.4) is 0 Å². The van der Waals surface area contributed by atoms with Crippen LogP contribution >= 0.6 is 11.5 Å². The molecule has 0 spiro atoms. The number of nitriles is 1. The van der Waals surface area contributed by atoms with E-state index in [0.717, 1.165) is 31.9 Å². The van der Waals surface area contributed by atoms with Gasteiger partial charge in [-0.05, 0) is 117 Å². The molecule has 0 unspecified atom stereocenters. The fourth-order valence-electron chi connectivity index (χ4n) is 7.84. The summed E-state index contributed by atoms with van der Waals surface area (Å²) < 4.78 is 99.0. The third kappa shape index (κ3) is 12.3. The number of methoxy groups -OCH3 is 2. The lowest BCUT2D eigenvalue weighted by molar-refractivity contribution is -0.186. The second-order valence-electron chi connectivity index (χ2n) is 17.3. The topological polar surface area (TPSA) is 177 Å². The van der Waals surface area contributed by atoms with Crippen LogP contribution in [0.25, 0.3) is 22.3 Å². The van der Waals surface area contributed by atoms with Gasteiger partial charge in [0.25, 0.3) is 10.0 Å². The molecule has 0 N–H and O–H groups in total. The van der Waals surface area contributed by atoms with E-state index in [2.05, 4.69) is 20.4 Å². The third-order valence-corrected chi connectivity index (χ3v) is 14.0. The van der Waals surface area contributed by atoms with Gasteiger partial charge in [0.1, 0.15) is 41.0 Å². The molecule has 70 heavy (non-hydrogen) atoms. The van der Waals surface area contributed by atoms with Crippen molar-refractivity contribution in [2.24, 2.45) is 5.92 Å². The lowest BCUT2D eigenvalue weighted by atomic mass is 9.93. The quantitative estimate of drug-likeness (QED) is 0.0898. The van der Waals surface area contributed by atoms with E-state index in [4.69, 9.17) is 18.9 Å². The van der Waals surface area contributed by atoms with Gasteiger partial charge in [-0.2, -0.15) is 22.8 Å². The Morgan fingerprint density at radius 1 is 0.843 bits per heavy atom. The number of hydrogen-bond donors (Lipinski definition) is 0. The molecule has 1 aliphatic rings. The first-order valence-corrected chi connectivity index (χ1v) is 24.3. The molecule has 1 saturated heterocycles. The number of sulfonamides is 1. The number of piperidine rings is 1. The van der Waals surface area contributed by atoms with Gasteiger partial charge in [0.05, 0.1) is 43.5 Å². The molecule has 0 bridgehead atoms. The van der Waals surface area contributed by atoms with Crippen LogP contribution in [0.15, 0.2) is 114 Å². The number of hydrogen-bond acceptors (Lipinski definition) is 13. The highest BCUT2D eigenvalue weighted by Crippen LogP contribution is 2.40. The summed E-state index contributed by atoms with van der Waals surface area (Å²) in [6.07, 6.45) is -1.57. The first-order valence-electron chi connectivity index (χ1n) is 22.1. The zero-order valence-electron chi connectivity index (χ0n) is 39.0. The molecule has 0 aliphatic carbocycles. The van der Waals surface area contributed by atoms with Crippen molar-refractivity contribution in [3.63, 3.8) is 0 Å². The third-order valence-electron chi connectivity index (χ3n) is 11.4. The van der Waals surface area contributed by atoms with Gasteiger partial charge in [0.2, 0.25) is 5.13 Å². The van der Waals surface area contributed by atoms with Crippen LogP contribution in [0.4, 0.5) is 23.1 Å². The summed E-state index contributed by atoms with van der Waals surface area (Å²) in [5.74, 6) is -0.910. The highest BCUT2D eigenvalue weighted by Gasteiger charge is 2.43. The molecule has 20 heteroatoms. The van der Waals surface area contributed by atoms with Crippen LogP contribution in [0.5, 0.6) is 23.0 Å². The number of benzene rings is 4. The predicted octanol–water partition coefficient (Wildman–Crippen LogP) is 10.3. The van der Waals surface area contributed by atoms with E-state index in [1.54, 1.807) is 68.1 Å². The minimum atomic E-state index is -5.14. The average Bonchev–Trinajstić information content (AvgIpc) is 3.89. The molecule has 0 atom stereocenters. The highest BCUT2D eigenvalue weighted by molar-refractivity contribution is 7.93. The number of aromatic nitrogens is 3. The molecule has 6 aromatic rings. The maximum atomic E-state index is 14.4. The maximum Gasteiger partial charge on any atom is 0.471 e. The Morgan fingerprint density at radius 2 is 1.59 bits per heavy atom. The highest BCUT2D eigenvalue weighted by atomic mass is 32.2. The number of pyridine rings is 1. The molecular formula is C50H50F3N7O8S2. The van der Waals surface area contributed by atoms with Gasteiger partial charge < -0.3 is 28.7 Å². The second kappa shape index (κ2) is 21.6. The maximum absolute atomic E-state index is 14.4. The van der Waals surface area contributed by atoms with E-state index in [9.17, 15) is 36.4 Å². The molecule has 0 saturated carbocycles. The zero-order valence-corrected chi connectivity index (χ0v) is 40.6. The standard InChI is InChI=1S/C50H50F3N7O8S2/c1-49(2,3)68-48(62)58-22-18-33(19-23-58)20-24-59(46(61)50(51,52)53)31-39-25-36(17-21-55-39)42-27-35(34-9-7-6-8-10-34)12-15-44(42)67-43-16-14-41(26-38(43)29-54)70(63,64)60(47-56-32-57-69-47)30-37-11-13-40(65-4)28-45(37)66-5/h6-17,21,25-28,32-33H,18-20,22-24,30-31H2,1-5H3. The summed E-state index contributed by atoms with van der Waals surface area (Å²) in [6, 6.07) is 28.8. The fraction of sp³-hybridized carbons (Fsp3) is 0.320. The van der Waals surface area contributed by atoms with Gasteiger partial charge in [-0.1, -0.05) is 36.4 Å².